The molecule has 6 nitrogen and oxygen atoms in total. The van der Waals surface area contributed by atoms with Crippen LogP contribution in [0.1, 0.15) is 5.56 Å². The number of phenolic OH excluding ortho intramolecular Hbond substituents is 1. The van der Waals surface area contributed by atoms with E-state index < -0.39 is 0 Å². The minimum atomic E-state index is -0.350. The van der Waals surface area contributed by atoms with Crippen LogP contribution in [0, 0.1) is 0 Å². The third-order valence-corrected chi connectivity index (χ3v) is 3.64. The summed E-state index contributed by atoms with van der Waals surface area (Å²) < 4.78 is 4.99. The number of methoxy groups -OCH3 is 1. The van der Waals surface area contributed by atoms with Gasteiger partial charge in [0, 0.05) is 13.1 Å². The molecule has 3 N–H and O–H groups in total. The quantitative estimate of drug-likeness (QED) is 0.815. The second-order valence-electron chi connectivity index (χ2n) is 4.05. The second kappa shape index (κ2) is 5.98. The van der Waals surface area contributed by atoms with Gasteiger partial charge in [-0.25, -0.2) is 0 Å². The van der Waals surface area contributed by atoms with E-state index in [-0.39, 0.29) is 30.0 Å². The number of thioether (sulfide) groups is 1. The molecule has 7 heteroatoms. The molecular formula is C13H14N2O4S. The Labute approximate surface area is 120 Å². The number of phenols is 1. The lowest BCUT2D eigenvalue weighted by Gasteiger charge is -2.09. The van der Waals surface area contributed by atoms with Gasteiger partial charge in [-0.05, 0) is 35.5 Å². The van der Waals surface area contributed by atoms with Crippen molar-refractivity contribution in [2.45, 2.75) is 0 Å². The van der Waals surface area contributed by atoms with Gasteiger partial charge in [-0.2, -0.15) is 0 Å². The van der Waals surface area contributed by atoms with Crippen molar-refractivity contribution >= 4 is 29.0 Å². The largest absolute Gasteiger partial charge is 0.504 e. The van der Waals surface area contributed by atoms with E-state index in [0.29, 0.717) is 16.2 Å². The summed E-state index contributed by atoms with van der Waals surface area (Å²) in [6.07, 6.45) is 1.59. The molecule has 1 aromatic rings. The Kier molecular flexibility index (Phi) is 4.31. The highest BCUT2D eigenvalue weighted by atomic mass is 32.2. The van der Waals surface area contributed by atoms with Gasteiger partial charge in [0.25, 0.3) is 11.1 Å². The molecule has 20 heavy (non-hydrogen) atoms. The van der Waals surface area contributed by atoms with Crippen molar-refractivity contribution in [2.75, 3.05) is 20.2 Å². The van der Waals surface area contributed by atoms with Crippen LogP contribution in [-0.2, 0) is 4.79 Å². The summed E-state index contributed by atoms with van der Waals surface area (Å²) in [6.45, 7) is 0.444. The van der Waals surface area contributed by atoms with E-state index in [1.54, 1.807) is 18.2 Å². The predicted octanol–water partition coefficient (Wildman–Crippen LogP) is 1.40. The normalized spacial score (nSPS) is 17.1. The molecule has 0 atom stereocenters. The summed E-state index contributed by atoms with van der Waals surface area (Å²) in [5.41, 5.74) is 6.03. The van der Waals surface area contributed by atoms with E-state index in [2.05, 4.69) is 0 Å². The molecule has 1 aliphatic heterocycles. The van der Waals surface area contributed by atoms with Crippen LogP contribution in [0.4, 0.5) is 4.79 Å². The molecule has 2 amide bonds. The predicted molar refractivity (Wildman–Crippen MR) is 76.4 cm³/mol. The number of carbonyl (C=O) groups excluding carboxylic acids is 2. The third kappa shape index (κ3) is 2.78. The molecule has 0 aromatic heterocycles. The van der Waals surface area contributed by atoms with Crippen LogP contribution in [0.25, 0.3) is 6.08 Å². The van der Waals surface area contributed by atoms with Gasteiger partial charge in [0.2, 0.25) is 0 Å². The van der Waals surface area contributed by atoms with Crippen LogP contribution >= 0.6 is 11.8 Å². The van der Waals surface area contributed by atoms with Gasteiger partial charge in [0.1, 0.15) is 0 Å². The van der Waals surface area contributed by atoms with Crippen molar-refractivity contribution < 1.29 is 19.4 Å². The SMILES string of the molecule is COc1cc(C=C2SC(=O)N(CCN)C2=O)ccc1O. The smallest absolute Gasteiger partial charge is 0.293 e. The van der Waals surface area contributed by atoms with E-state index in [1.807, 2.05) is 0 Å². The first-order valence-corrected chi connectivity index (χ1v) is 6.71. The van der Waals surface area contributed by atoms with Gasteiger partial charge >= 0.3 is 0 Å². The van der Waals surface area contributed by atoms with Gasteiger partial charge < -0.3 is 15.6 Å². The number of nitrogens with two attached hydrogens (primary N) is 1. The Morgan fingerprint density at radius 2 is 2.20 bits per heavy atom. The van der Waals surface area contributed by atoms with Crippen molar-refractivity contribution in [3.05, 3.63) is 28.7 Å². The monoisotopic (exact) mass is 294 g/mol. The molecule has 1 fully saturated rings. The maximum Gasteiger partial charge on any atom is 0.293 e. The molecule has 0 unspecified atom stereocenters. The summed E-state index contributed by atoms with van der Waals surface area (Å²) in [4.78, 5) is 25.1. The number of aromatic hydroxyl groups is 1. The fraction of sp³-hybridized carbons (Fsp3) is 0.231. The van der Waals surface area contributed by atoms with Gasteiger partial charge in [-0.3, -0.25) is 14.5 Å². The first kappa shape index (κ1) is 14.4. The summed E-state index contributed by atoms with van der Waals surface area (Å²) in [5.74, 6) is -0.0293. The van der Waals surface area contributed by atoms with Gasteiger partial charge in [0.05, 0.1) is 12.0 Å². The lowest BCUT2D eigenvalue weighted by Crippen LogP contribution is -2.33. The highest BCUT2D eigenvalue weighted by Crippen LogP contribution is 2.33. The van der Waals surface area contributed by atoms with E-state index in [0.717, 1.165) is 16.7 Å². The van der Waals surface area contributed by atoms with Crippen molar-refractivity contribution in [3.8, 4) is 11.5 Å². The van der Waals surface area contributed by atoms with Crippen LogP contribution in [0.15, 0.2) is 23.1 Å². The number of ether oxygens (including phenoxy) is 1. The third-order valence-electron chi connectivity index (χ3n) is 2.73. The zero-order valence-electron chi connectivity index (χ0n) is 10.8. The summed E-state index contributed by atoms with van der Waals surface area (Å²) >= 11 is 0.874. The maximum absolute atomic E-state index is 12.0. The Morgan fingerprint density at radius 3 is 2.85 bits per heavy atom. The summed E-state index contributed by atoms with van der Waals surface area (Å²) in [7, 11) is 1.44. The van der Waals surface area contributed by atoms with Gasteiger partial charge in [-0.1, -0.05) is 6.07 Å². The van der Waals surface area contributed by atoms with Crippen molar-refractivity contribution in [1.29, 1.82) is 0 Å². The molecule has 1 aliphatic rings. The lowest BCUT2D eigenvalue weighted by atomic mass is 10.2. The molecule has 0 spiro atoms. The zero-order valence-corrected chi connectivity index (χ0v) is 11.6. The van der Waals surface area contributed by atoms with Crippen LogP contribution in [-0.4, -0.2) is 41.4 Å². The molecule has 0 aliphatic carbocycles. The summed E-state index contributed by atoms with van der Waals surface area (Å²) in [5, 5.41) is 9.19. The molecule has 106 valence electrons. The highest BCUT2D eigenvalue weighted by Gasteiger charge is 2.34. The van der Waals surface area contributed by atoms with E-state index in [1.165, 1.54) is 13.2 Å². The van der Waals surface area contributed by atoms with E-state index in [4.69, 9.17) is 10.5 Å². The number of benzene rings is 1. The second-order valence-corrected chi connectivity index (χ2v) is 5.05. The number of carbonyl (C=O) groups is 2. The Balaban J connectivity index is 2.28. The van der Waals surface area contributed by atoms with Crippen molar-refractivity contribution in [3.63, 3.8) is 0 Å². The maximum atomic E-state index is 12.0. The summed E-state index contributed by atoms with van der Waals surface area (Å²) in [6, 6.07) is 4.69. The molecular weight excluding hydrogens is 280 g/mol. The number of hydrogen-bond acceptors (Lipinski definition) is 6. The van der Waals surface area contributed by atoms with E-state index in [9.17, 15) is 14.7 Å². The fourth-order valence-corrected chi connectivity index (χ4v) is 2.62. The van der Waals surface area contributed by atoms with Crippen molar-refractivity contribution in [1.82, 2.24) is 4.90 Å². The zero-order chi connectivity index (χ0) is 14.7. The number of nitrogens with zero attached hydrogens (tertiary/aromatic N) is 1. The topological polar surface area (TPSA) is 92.9 Å². The lowest BCUT2D eigenvalue weighted by molar-refractivity contribution is -0.122. The van der Waals surface area contributed by atoms with E-state index >= 15 is 0 Å². The standard InChI is InChI=1S/C13H14N2O4S/c1-19-10-6-8(2-3-9(10)16)7-11-12(17)15(5-4-14)13(18)20-11/h2-3,6-7,16H,4-5,14H2,1H3. The minimum absolute atomic E-state index is 0.0147. The Bertz CT molecular complexity index is 586. The van der Waals surface area contributed by atoms with Gasteiger partial charge in [0.15, 0.2) is 11.5 Å². The minimum Gasteiger partial charge on any atom is -0.504 e. The van der Waals surface area contributed by atoms with Crippen LogP contribution in [0.3, 0.4) is 0 Å². The average molecular weight is 294 g/mol. The van der Waals surface area contributed by atoms with Crippen molar-refractivity contribution in [2.24, 2.45) is 5.73 Å². The number of imide groups is 1. The molecule has 0 saturated carbocycles. The molecule has 1 heterocycles. The van der Waals surface area contributed by atoms with Gasteiger partial charge in [-0.15, -0.1) is 0 Å². The van der Waals surface area contributed by atoms with Crippen LogP contribution < -0.4 is 10.5 Å². The first-order chi connectivity index (χ1) is 9.56. The fourth-order valence-electron chi connectivity index (χ4n) is 1.76. The molecule has 2 rings (SSSR count). The average Bonchev–Trinajstić information content (AvgIpc) is 2.69. The number of hydrogen-bond donors (Lipinski definition) is 2. The van der Waals surface area contributed by atoms with Crippen LogP contribution in [0.5, 0.6) is 11.5 Å². The molecule has 0 bridgehead atoms. The molecule has 1 aromatic carbocycles. The number of amides is 2. The number of rotatable bonds is 4. The Hall–Kier alpha value is -1.99. The first-order valence-electron chi connectivity index (χ1n) is 5.89. The highest BCUT2D eigenvalue weighted by molar-refractivity contribution is 8.18. The molecule has 0 radical (unpaired) electrons. The molecule has 1 saturated heterocycles. The Morgan fingerprint density at radius 1 is 1.45 bits per heavy atom. The van der Waals surface area contributed by atoms with Crippen LogP contribution in [0.2, 0.25) is 0 Å².